The van der Waals surface area contributed by atoms with Gasteiger partial charge in [-0.25, -0.2) is 0 Å². The van der Waals surface area contributed by atoms with Gasteiger partial charge >= 0.3 is 0 Å². The Kier molecular flexibility index (Phi) is 4.64. The molecule has 3 nitrogen and oxygen atoms in total. The normalized spacial score (nSPS) is 10.4. The maximum absolute atomic E-state index is 5.70. The number of anilines is 1. The fourth-order valence-corrected chi connectivity index (χ4v) is 2.24. The first-order valence-corrected chi connectivity index (χ1v) is 6.77. The molecule has 2 aromatic rings. The number of methoxy groups -OCH3 is 1. The van der Waals surface area contributed by atoms with Gasteiger partial charge in [0.2, 0.25) is 0 Å². The molecule has 0 radical (unpaired) electrons. The lowest BCUT2D eigenvalue weighted by atomic mass is 10.1. The second-order valence-electron chi connectivity index (χ2n) is 5.02. The molecule has 3 heteroatoms. The number of nitrogens with two attached hydrogens (primary N) is 1. The third kappa shape index (κ3) is 3.31. The van der Waals surface area contributed by atoms with E-state index < -0.39 is 0 Å². The van der Waals surface area contributed by atoms with Gasteiger partial charge < -0.3 is 15.4 Å². The Labute approximate surface area is 121 Å². The Balaban J connectivity index is 2.10. The first kappa shape index (κ1) is 14.4. The van der Waals surface area contributed by atoms with Gasteiger partial charge in [-0.15, -0.1) is 0 Å². The average Bonchev–Trinajstić information content (AvgIpc) is 2.48. The van der Waals surface area contributed by atoms with Crippen LogP contribution in [-0.4, -0.2) is 14.2 Å². The molecule has 0 atom stereocenters. The minimum absolute atomic E-state index is 0.592. The topological polar surface area (TPSA) is 38.5 Å². The highest BCUT2D eigenvalue weighted by atomic mass is 16.5. The SMILES string of the molecule is COc1ccc(CN(C)c2ccc(CN)c(C)c2)cc1. The maximum atomic E-state index is 5.70. The number of rotatable bonds is 5. The van der Waals surface area contributed by atoms with Crippen LogP contribution in [-0.2, 0) is 13.1 Å². The van der Waals surface area contributed by atoms with E-state index in [2.05, 4.69) is 49.2 Å². The first-order chi connectivity index (χ1) is 9.63. The number of ether oxygens (including phenoxy) is 1. The van der Waals surface area contributed by atoms with Gasteiger partial charge in [-0.05, 0) is 47.9 Å². The molecule has 0 fully saturated rings. The highest BCUT2D eigenvalue weighted by Crippen LogP contribution is 2.20. The molecule has 2 rings (SSSR count). The molecule has 0 amide bonds. The summed E-state index contributed by atoms with van der Waals surface area (Å²) in [5.74, 6) is 0.888. The predicted octanol–water partition coefficient (Wildman–Crippen LogP) is 3.10. The Morgan fingerprint density at radius 3 is 2.35 bits per heavy atom. The molecule has 0 saturated heterocycles. The van der Waals surface area contributed by atoms with E-state index in [4.69, 9.17) is 10.5 Å². The fourth-order valence-electron chi connectivity index (χ4n) is 2.24. The highest BCUT2D eigenvalue weighted by molar-refractivity contribution is 5.50. The largest absolute Gasteiger partial charge is 0.497 e. The summed E-state index contributed by atoms with van der Waals surface area (Å²) in [5, 5.41) is 0. The van der Waals surface area contributed by atoms with Crippen LogP contribution < -0.4 is 15.4 Å². The molecule has 0 aliphatic carbocycles. The number of hydrogen-bond donors (Lipinski definition) is 1. The van der Waals surface area contributed by atoms with E-state index in [1.54, 1.807) is 7.11 Å². The number of benzene rings is 2. The van der Waals surface area contributed by atoms with Gasteiger partial charge in [0.1, 0.15) is 5.75 Å². The van der Waals surface area contributed by atoms with E-state index in [-0.39, 0.29) is 0 Å². The Morgan fingerprint density at radius 1 is 1.10 bits per heavy atom. The molecule has 0 saturated carbocycles. The van der Waals surface area contributed by atoms with Crippen LogP contribution >= 0.6 is 0 Å². The van der Waals surface area contributed by atoms with Crippen molar-refractivity contribution in [2.24, 2.45) is 5.73 Å². The third-order valence-electron chi connectivity index (χ3n) is 3.57. The van der Waals surface area contributed by atoms with Crippen LogP contribution in [0.15, 0.2) is 42.5 Å². The highest BCUT2D eigenvalue weighted by Gasteiger charge is 2.05. The van der Waals surface area contributed by atoms with E-state index >= 15 is 0 Å². The van der Waals surface area contributed by atoms with Gasteiger partial charge in [0.15, 0.2) is 0 Å². The van der Waals surface area contributed by atoms with Crippen molar-refractivity contribution in [3.05, 3.63) is 59.2 Å². The van der Waals surface area contributed by atoms with Crippen LogP contribution in [0.3, 0.4) is 0 Å². The summed E-state index contributed by atoms with van der Waals surface area (Å²) < 4.78 is 5.17. The molecule has 0 unspecified atom stereocenters. The fraction of sp³-hybridized carbons (Fsp3) is 0.294. The van der Waals surface area contributed by atoms with E-state index in [1.165, 1.54) is 22.4 Å². The van der Waals surface area contributed by atoms with E-state index in [1.807, 2.05) is 12.1 Å². The average molecular weight is 270 g/mol. The van der Waals surface area contributed by atoms with Crippen LogP contribution in [0.2, 0.25) is 0 Å². The van der Waals surface area contributed by atoms with Gasteiger partial charge in [-0.3, -0.25) is 0 Å². The van der Waals surface area contributed by atoms with E-state index in [0.717, 1.165) is 12.3 Å². The second kappa shape index (κ2) is 6.44. The first-order valence-electron chi connectivity index (χ1n) is 6.77. The van der Waals surface area contributed by atoms with Crippen LogP contribution in [0.4, 0.5) is 5.69 Å². The molecule has 106 valence electrons. The Hall–Kier alpha value is -2.00. The number of nitrogens with zero attached hydrogens (tertiary/aromatic N) is 1. The van der Waals surface area contributed by atoms with Gasteiger partial charge in [0, 0.05) is 25.8 Å². The van der Waals surface area contributed by atoms with Gasteiger partial charge in [0.25, 0.3) is 0 Å². The maximum Gasteiger partial charge on any atom is 0.118 e. The lowest BCUT2D eigenvalue weighted by Gasteiger charge is -2.21. The van der Waals surface area contributed by atoms with Crippen LogP contribution in [0.1, 0.15) is 16.7 Å². The lowest BCUT2D eigenvalue weighted by Crippen LogP contribution is -2.16. The summed E-state index contributed by atoms with van der Waals surface area (Å²) in [4.78, 5) is 2.23. The Morgan fingerprint density at radius 2 is 1.80 bits per heavy atom. The van der Waals surface area contributed by atoms with Gasteiger partial charge in [-0.1, -0.05) is 18.2 Å². The zero-order chi connectivity index (χ0) is 14.5. The zero-order valence-corrected chi connectivity index (χ0v) is 12.4. The van der Waals surface area contributed by atoms with Crippen molar-refractivity contribution in [2.75, 3.05) is 19.1 Å². The van der Waals surface area contributed by atoms with Crippen LogP contribution in [0.5, 0.6) is 5.75 Å². The monoisotopic (exact) mass is 270 g/mol. The minimum Gasteiger partial charge on any atom is -0.497 e. The van der Waals surface area contributed by atoms with Crippen molar-refractivity contribution in [1.29, 1.82) is 0 Å². The third-order valence-corrected chi connectivity index (χ3v) is 3.57. The van der Waals surface area contributed by atoms with E-state index in [9.17, 15) is 0 Å². The predicted molar refractivity (Wildman–Crippen MR) is 84.2 cm³/mol. The molecule has 0 aliphatic heterocycles. The molecular formula is C17H22N2O. The van der Waals surface area contributed by atoms with Gasteiger partial charge in [-0.2, -0.15) is 0 Å². The standard InChI is InChI=1S/C17H22N2O/c1-13-10-16(7-6-15(13)11-18)19(2)12-14-4-8-17(20-3)9-5-14/h4-10H,11-12,18H2,1-3H3. The van der Waals surface area contributed by atoms with Crippen LogP contribution in [0.25, 0.3) is 0 Å². The zero-order valence-electron chi connectivity index (χ0n) is 12.4. The van der Waals surface area contributed by atoms with Crippen molar-refractivity contribution in [2.45, 2.75) is 20.0 Å². The second-order valence-corrected chi connectivity index (χ2v) is 5.02. The summed E-state index contributed by atoms with van der Waals surface area (Å²) in [7, 11) is 3.78. The van der Waals surface area contributed by atoms with Crippen LogP contribution in [0, 0.1) is 6.92 Å². The molecule has 0 bridgehead atoms. The molecule has 0 heterocycles. The molecule has 0 aliphatic rings. The van der Waals surface area contributed by atoms with Crippen molar-refractivity contribution >= 4 is 5.69 Å². The lowest BCUT2D eigenvalue weighted by molar-refractivity contribution is 0.414. The molecule has 2 aromatic carbocycles. The summed E-state index contributed by atoms with van der Waals surface area (Å²) in [5.41, 5.74) is 10.6. The molecule has 20 heavy (non-hydrogen) atoms. The minimum atomic E-state index is 0.592. The van der Waals surface area contributed by atoms with Crippen molar-refractivity contribution in [3.63, 3.8) is 0 Å². The summed E-state index contributed by atoms with van der Waals surface area (Å²) in [6, 6.07) is 14.6. The van der Waals surface area contributed by atoms with Crippen molar-refractivity contribution in [1.82, 2.24) is 0 Å². The van der Waals surface area contributed by atoms with Crippen molar-refractivity contribution < 1.29 is 4.74 Å². The van der Waals surface area contributed by atoms with Crippen molar-refractivity contribution in [3.8, 4) is 5.75 Å². The Bertz CT molecular complexity index is 564. The number of hydrogen-bond acceptors (Lipinski definition) is 3. The number of aryl methyl sites for hydroxylation is 1. The molecule has 0 spiro atoms. The quantitative estimate of drug-likeness (QED) is 0.907. The summed E-state index contributed by atoms with van der Waals surface area (Å²) in [6.45, 7) is 3.56. The molecular weight excluding hydrogens is 248 g/mol. The van der Waals surface area contributed by atoms with E-state index in [0.29, 0.717) is 6.54 Å². The molecule has 2 N–H and O–H groups in total. The summed E-state index contributed by atoms with van der Waals surface area (Å²) >= 11 is 0. The summed E-state index contributed by atoms with van der Waals surface area (Å²) in [6.07, 6.45) is 0. The smallest absolute Gasteiger partial charge is 0.118 e. The van der Waals surface area contributed by atoms with Gasteiger partial charge in [0.05, 0.1) is 7.11 Å². The molecule has 0 aromatic heterocycles.